The number of halogens is 3. The number of carbonyl (C=O) groups excluding carboxylic acids is 2. The van der Waals surface area contributed by atoms with Crippen molar-refractivity contribution in [2.24, 2.45) is 0 Å². The first kappa shape index (κ1) is 18.8. The molecule has 5 nitrogen and oxygen atoms in total. The molecule has 1 aromatic heterocycles. The third kappa shape index (κ3) is 4.50. The van der Waals surface area contributed by atoms with Crippen molar-refractivity contribution in [3.63, 3.8) is 0 Å². The van der Waals surface area contributed by atoms with Gasteiger partial charge in [0, 0.05) is 18.2 Å². The van der Waals surface area contributed by atoms with Crippen LogP contribution in [0.4, 0.5) is 13.2 Å². The van der Waals surface area contributed by atoms with Crippen LogP contribution in [-0.4, -0.2) is 32.1 Å². The van der Waals surface area contributed by atoms with Gasteiger partial charge in [-0.15, -0.1) is 11.3 Å². The molecule has 0 bridgehead atoms. The van der Waals surface area contributed by atoms with Crippen molar-refractivity contribution in [1.29, 1.82) is 0 Å². The van der Waals surface area contributed by atoms with E-state index < -0.39 is 22.7 Å². The van der Waals surface area contributed by atoms with E-state index in [2.05, 4.69) is 5.32 Å². The highest BCUT2D eigenvalue weighted by atomic mass is 32.1. The standard InChI is InChI=1S/C16H14F3NO4S/c1-23-10-4-3-9(11(7-10)24-2)8-20-15(22)13-6-5-12(25-13)14(21)16(17,18)19/h3-7H,8H2,1-2H3,(H,20,22). The van der Waals surface area contributed by atoms with E-state index in [0.29, 0.717) is 28.4 Å². The Hall–Kier alpha value is -2.55. The summed E-state index contributed by atoms with van der Waals surface area (Å²) >= 11 is 0.494. The quantitative estimate of drug-likeness (QED) is 0.788. The van der Waals surface area contributed by atoms with Crippen LogP contribution in [0.5, 0.6) is 11.5 Å². The second-order valence-electron chi connectivity index (χ2n) is 4.85. The number of Topliss-reactive ketones (excluding diaryl/α,β-unsaturated/α-hetero) is 1. The number of hydrogen-bond donors (Lipinski definition) is 1. The minimum Gasteiger partial charge on any atom is -0.497 e. The number of ether oxygens (including phenoxy) is 2. The molecule has 2 rings (SSSR count). The molecule has 0 fully saturated rings. The van der Waals surface area contributed by atoms with Crippen molar-refractivity contribution >= 4 is 23.0 Å². The summed E-state index contributed by atoms with van der Waals surface area (Å²) < 4.78 is 47.4. The molecule has 0 aliphatic carbocycles. The Morgan fingerprint density at radius 1 is 1.08 bits per heavy atom. The molecule has 0 saturated carbocycles. The molecule has 0 aliphatic rings. The molecule has 0 saturated heterocycles. The van der Waals surface area contributed by atoms with Gasteiger partial charge in [-0.25, -0.2) is 0 Å². The minimum absolute atomic E-state index is 0.0140. The third-order valence-corrected chi connectivity index (χ3v) is 4.33. The molecule has 0 atom stereocenters. The Balaban J connectivity index is 2.06. The summed E-state index contributed by atoms with van der Waals surface area (Å²) in [6.45, 7) is 0.104. The normalized spacial score (nSPS) is 11.1. The van der Waals surface area contributed by atoms with Crippen LogP contribution in [0.15, 0.2) is 30.3 Å². The zero-order chi connectivity index (χ0) is 18.6. The fourth-order valence-electron chi connectivity index (χ4n) is 1.98. The minimum atomic E-state index is -4.96. The molecule has 1 N–H and O–H groups in total. The maximum absolute atomic E-state index is 12.4. The van der Waals surface area contributed by atoms with Gasteiger partial charge in [0.2, 0.25) is 0 Å². The molecule has 1 aromatic carbocycles. The number of nitrogens with one attached hydrogen (secondary N) is 1. The van der Waals surface area contributed by atoms with Crippen molar-refractivity contribution in [2.75, 3.05) is 14.2 Å². The first-order valence-electron chi connectivity index (χ1n) is 6.96. The van der Waals surface area contributed by atoms with Crippen LogP contribution in [0.1, 0.15) is 24.9 Å². The molecule has 0 aliphatic heterocycles. The van der Waals surface area contributed by atoms with Crippen LogP contribution >= 0.6 is 11.3 Å². The lowest BCUT2D eigenvalue weighted by atomic mass is 10.2. The van der Waals surface area contributed by atoms with Gasteiger partial charge in [0.25, 0.3) is 11.7 Å². The fraction of sp³-hybridized carbons (Fsp3) is 0.250. The van der Waals surface area contributed by atoms with Gasteiger partial charge in [-0.1, -0.05) is 0 Å². The number of carbonyl (C=O) groups is 2. The Morgan fingerprint density at radius 3 is 2.36 bits per heavy atom. The maximum Gasteiger partial charge on any atom is 0.455 e. The lowest BCUT2D eigenvalue weighted by Crippen LogP contribution is -2.22. The third-order valence-electron chi connectivity index (χ3n) is 3.24. The van der Waals surface area contributed by atoms with Gasteiger partial charge in [0.05, 0.1) is 24.0 Å². The maximum atomic E-state index is 12.4. The second kappa shape index (κ2) is 7.56. The van der Waals surface area contributed by atoms with Crippen LogP contribution in [0.3, 0.4) is 0 Å². The van der Waals surface area contributed by atoms with E-state index in [-0.39, 0.29) is 11.4 Å². The molecule has 0 radical (unpaired) electrons. The summed E-state index contributed by atoms with van der Waals surface area (Å²) in [6.07, 6.45) is -4.96. The summed E-state index contributed by atoms with van der Waals surface area (Å²) in [7, 11) is 2.97. The fourth-order valence-corrected chi connectivity index (χ4v) is 2.86. The van der Waals surface area contributed by atoms with E-state index in [1.165, 1.54) is 20.3 Å². The number of benzene rings is 1. The topological polar surface area (TPSA) is 64.6 Å². The summed E-state index contributed by atoms with van der Waals surface area (Å²) in [6, 6.07) is 7.21. The molecule has 2 aromatic rings. The second-order valence-corrected chi connectivity index (χ2v) is 5.94. The van der Waals surface area contributed by atoms with Crippen LogP contribution in [0, 0.1) is 0 Å². The lowest BCUT2D eigenvalue weighted by molar-refractivity contribution is -0.0882. The zero-order valence-electron chi connectivity index (χ0n) is 13.3. The van der Waals surface area contributed by atoms with Gasteiger partial charge in [-0.3, -0.25) is 9.59 Å². The molecule has 25 heavy (non-hydrogen) atoms. The van der Waals surface area contributed by atoms with Crippen molar-refractivity contribution in [3.05, 3.63) is 45.6 Å². The molecule has 0 spiro atoms. The first-order chi connectivity index (χ1) is 11.8. The van der Waals surface area contributed by atoms with Crippen molar-refractivity contribution in [1.82, 2.24) is 5.32 Å². The molecule has 9 heteroatoms. The van der Waals surface area contributed by atoms with Gasteiger partial charge in [-0.05, 0) is 24.3 Å². The summed E-state index contributed by atoms with van der Waals surface area (Å²) in [4.78, 5) is 22.7. The Morgan fingerprint density at radius 2 is 1.76 bits per heavy atom. The number of methoxy groups -OCH3 is 2. The van der Waals surface area contributed by atoms with E-state index in [0.717, 1.165) is 6.07 Å². The number of thiophene rings is 1. The molecule has 1 amide bonds. The van der Waals surface area contributed by atoms with E-state index in [1.807, 2.05) is 0 Å². The predicted octanol–water partition coefficient (Wildman–Crippen LogP) is 3.44. The molecule has 0 unspecified atom stereocenters. The number of hydrogen-bond acceptors (Lipinski definition) is 5. The summed E-state index contributed by atoms with van der Waals surface area (Å²) in [5.41, 5.74) is 0.666. The van der Waals surface area contributed by atoms with Crippen molar-refractivity contribution < 1.29 is 32.2 Å². The van der Waals surface area contributed by atoms with Crippen LogP contribution in [0.25, 0.3) is 0 Å². The van der Waals surface area contributed by atoms with E-state index >= 15 is 0 Å². The molecule has 1 heterocycles. The smallest absolute Gasteiger partial charge is 0.455 e. The van der Waals surface area contributed by atoms with Gasteiger partial charge in [-0.2, -0.15) is 13.2 Å². The SMILES string of the molecule is COc1ccc(CNC(=O)c2ccc(C(=O)C(F)(F)F)s2)c(OC)c1. The Bertz CT molecular complexity index is 786. The molecular weight excluding hydrogens is 359 g/mol. The molecular formula is C16H14F3NO4S. The summed E-state index contributed by atoms with van der Waals surface area (Å²) in [5, 5.41) is 2.58. The van der Waals surface area contributed by atoms with Crippen molar-refractivity contribution in [2.45, 2.75) is 12.7 Å². The monoisotopic (exact) mass is 373 g/mol. The van der Waals surface area contributed by atoms with Gasteiger partial charge in [0.15, 0.2) is 0 Å². The van der Waals surface area contributed by atoms with Crippen molar-refractivity contribution in [3.8, 4) is 11.5 Å². The first-order valence-corrected chi connectivity index (χ1v) is 7.78. The Kier molecular flexibility index (Phi) is 5.68. The number of alkyl halides is 3. The van der Waals surface area contributed by atoms with Gasteiger partial charge < -0.3 is 14.8 Å². The lowest BCUT2D eigenvalue weighted by Gasteiger charge is -2.11. The highest BCUT2D eigenvalue weighted by molar-refractivity contribution is 7.16. The molecule has 134 valence electrons. The van der Waals surface area contributed by atoms with Crippen LogP contribution in [-0.2, 0) is 6.54 Å². The summed E-state index contributed by atoms with van der Waals surface area (Å²) in [5.74, 6) is -1.46. The highest BCUT2D eigenvalue weighted by Crippen LogP contribution is 2.27. The van der Waals surface area contributed by atoms with E-state index in [9.17, 15) is 22.8 Å². The van der Waals surface area contributed by atoms with E-state index in [4.69, 9.17) is 9.47 Å². The highest BCUT2D eigenvalue weighted by Gasteiger charge is 2.40. The van der Waals surface area contributed by atoms with Crippen LogP contribution < -0.4 is 14.8 Å². The predicted molar refractivity (Wildman–Crippen MR) is 85.4 cm³/mol. The average molecular weight is 373 g/mol. The van der Waals surface area contributed by atoms with Gasteiger partial charge in [0.1, 0.15) is 11.5 Å². The number of rotatable bonds is 6. The largest absolute Gasteiger partial charge is 0.497 e. The van der Waals surface area contributed by atoms with Gasteiger partial charge >= 0.3 is 6.18 Å². The van der Waals surface area contributed by atoms with E-state index in [1.54, 1.807) is 18.2 Å². The number of amides is 1. The zero-order valence-corrected chi connectivity index (χ0v) is 14.1. The van der Waals surface area contributed by atoms with Crippen LogP contribution in [0.2, 0.25) is 0 Å². The Labute approximate surface area is 145 Å². The average Bonchev–Trinajstić information content (AvgIpc) is 3.07. The number of ketones is 1.